The van der Waals surface area contributed by atoms with Crippen molar-refractivity contribution < 1.29 is 19.1 Å². The molecule has 1 atom stereocenters. The van der Waals surface area contributed by atoms with E-state index in [2.05, 4.69) is 13.8 Å². The third-order valence-electron chi connectivity index (χ3n) is 4.84. The van der Waals surface area contributed by atoms with Crippen LogP contribution in [0.5, 0.6) is 0 Å². The first-order chi connectivity index (χ1) is 13.6. The molecule has 158 valence electrons. The average molecular weight is 391 g/mol. The van der Waals surface area contributed by atoms with Crippen LogP contribution in [0.4, 0.5) is 0 Å². The van der Waals surface area contributed by atoms with Gasteiger partial charge in [-0.3, -0.25) is 0 Å². The summed E-state index contributed by atoms with van der Waals surface area (Å²) < 4.78 is 10.8. The van der Waals surface area contributed by atoms with Gasteiger partial charge >= 0.3 is 11.9 Å². The maximum atomic E-state index is 12.4. The fourth-order valence-electron chi connectivity index (χ4n) is 3.07. The van der Waals surface area contributed by atoms with E-state index in [0.29, 0.717) is 17.7 Å². The molecule has 1 aromatic carbocycles. The standard InChI is InChI=1S/C24H38O4/c1-4-6-8-10-11-12-15-20(3)28-24(26)22-17-14-16-21(19-22)23(25)27-18-13-9-7-5-2/h14,16-17,19-20H,4-13,15,18H2,1-3H3. The van der Waals surface area contributed by atoms with Crippen LogP contribution in [0.2, 0.25) is 0 Å². The predicted octanol–water partition coefficient (Wildman–Crippen LogP) is 6.72. The molecule has 0 heterocycles. The van der Waals surface area contributed by atoms with E-state index in [1.54, 1.807) is 24.3 Å². The summed E-state index contributed by atoms with van der Waals surface area (Å²) in [5.74, 6) is -0.762. The first-order valence-corrected chi connectivity index (χ1v) is 11.1. The summed E-state index contributed by atoms with van der Waals surface area (Å²) in [6, 6.07) is 6.61. The first-order valence-electron chi connectivity index (χ1n) is 11.1. The van der Waals surface area contributed by atoms with Crippen LogP contribution in [0.15, 0.2) is 24.3 Å². The van der Waals surface area contributed by atoms with Crippen molar-refractivity contribution in [3.05, 3.63) is 35.4 Å². The van der Waals surface area contributed by atoms with Gasteiger partial charge in [0.25, 0.3) is 0 Å². The van der Waals surface area contributed by atoms with E-state index in [1.165, 1.54) is 32.1 Å². The second-order valence-electron chi connectivity index (χ2n) is 7.55. The van der Waals surface area contributed by atoms with Gasteiger partial charge in [-0.15, -0.1) is 0 Å². The zero-order valence-electron chi connectivity index (χ0n) is 18.0. The Morgan fingerprint density at radius 2 is 1.39 bits per heavy atom. The smallest absolute Gasteiger partial charge is 0.338 e. The third-order valence-corrected chi connectivity index (χ3v) is 4.84. The highest BCUT2D eigenvalue weighted by atomic mass is 16.5. The Morgan fingerprint density at radius 1 is 0.821 bits per heavy atom. The zero-order valence-corrected chi connectivity index (χ0v) is 18.0. The number of rotatable bonds is 15. The molecule has 28 heavy (non-hydrogen) atoms. The molecular weight excluding hydrogens is 352 g/mol. The summed E-state index contributed by atoms with van der Waals surface area (Å²) in [6.45, 7) is 6.70. The molecule has 1 aromatic rings. The topological polar surface area (TPSA) is 52.6 Å². The molecule has 0 spiro atoms. The van der Waals surface area contributed by atoms with Crippen LogP contribution < -0.4 is 0 Å². The van der Waals surface area contributed by atoms with E-state index in [0.717, 1.165) is 38.5 Å². The molecule has 0 aliphatic carbocycles. The number of unbranched alkanes of at least 4 members (excludes halogenated alkanes) is 8. The highest BCUT2D eigenvalue weighted by Gasteiger charge is 2.15. The average Bonchev–Trinajstić information content (AvgIpc) is 2.70. The summed E-state index contributed by atoms with van der Waals surface area (Å²) in [4.78, 5) is 24.5. The van der Waals surface area contributed by atoms with Crippen LogP contribution in [0.1, 0.15) is 112 Å². The molecule has 1 rings (SSSR count). The Morgan fingerprint density at radius 3 is 2.07 bits per heavy atom. The number of hydrogen-bond acceptors (Lipinski definition) is 4. The largest absolute Gasteiger partial charge is 0.462 e. The molecule has 0 amide bonds. The summed E-state index contributed by atoms with van der Waals surface area (Å²) in [6.07, 6.45) is 12.3. The number of carbonyl (C=O) groups excluding carboxylic acids is 2. The van der Waals surface area contributed by atoms with Crippen LogP contribution in [-0.2, 0) is 9.47 Å². The Bertz CT molecular complexity index is 567. The molecule has 0 fully saturated rings. The van der Waals surface area contributed by atoms with Crippen LogP contribution in [-0.4, -0.2) is 24.6 Å². The summed E-state index contributed by atoms with van der Waals surface area (Å²) in [5, 5.41) is 0. The van der Waals surface area contributed by atoms with Crippen LogP contribution >= 0.6 is 0 Å². The van der Waals surface area contributed by atoms with E-state index >= 15 is 0 Å². The molecule has 0 radical (unpaired) electrons. The summed E-state index contributed by atoms with van der Waals surface area (Å²) >= 11 is 0. The molecule has 0 aromatic heterocycles. The molecule has 0 saturated heterocycles. The second-order valence-corrected chi connectivity index (χ2v) is 7.55. The van der Waals surface area contributed by atoms with E-state index in [4.69, 9.17) is 9.47 Å². The van der Waals surface area contributed by atoms with Crippen molar-refractivity contribution in [1.82, 2.24) is 0 Å². The Balaban J connectivity index is 2.38. The first kappa shape index (κ1) is 24.2. The van der Waals surface area contributed by atoms with Crippen molar-refractivity contribution in [3.63, 3.8) is 0 Å². The van der Waals surface area contributed by atoms with E-state index in [1.807, 2.05) is 6.92 Å². The van der Waals surface area contributed by atoms with Crippen molar-refractivity contribution in [2.24, 2.45) is 0 Å². The second kappa shape index (κ2) is 15.1. The van der Waals surface area contributed by atoms with Gasteiger partial charge in [0, 0.05) is 0 Å². The highest BCUT2D eigenvalue weighted by Crippen LogP contribution is 2.14. The Kier molecular flexibility index (Phi) is 13.1. The van der Waals surface area contributed by atoms with Crippen LogP contribution in [0.25, 0.3) is 0 Å². The molecule has 0 bridgehead atoms. The van der Waals surface area contributed by atoms with Gasteiger partial charge in [-0.05, 0) is 44.4 Å². The number of ether oxygens (including phenoxy) is 2. The van der Waals surface area contributed by atoms with Crippen molar-refractivity contribution in [1.29, 1.82) is 0 Å². The fourth-order valence-corrected chi connectivity index (χ4v) is 3.07. The van der Waals surface area contributed by atoms with Gasteiger partial charge in [-0.25, -0.2) is 9.59 Å². The quantitative estimate of drug-likeness (QED) is 0.246. The van der Waals surface area contributed by atoms with Crippen molar-refractivity contribution in [2.75, 3.05) is 6.61 Å². The number of hydrogen-bond donors (Lipinski definition) is 0. The van der Waals surface area contributed by atoms with Crippen molar-refractivity contribution >= 4 is 11.9 Å². The third kappa shape index (κ3) is 10.5. The van der Waals surface area contributed by atoms with Gasteiger partial charge in [0.1, 0.15) is 0 Å². The van der Waals surface area contributed by atoms with E-state index < -0.39 is 0 Å². The maximum Gasteiger partial charge on any atom is 0.338 e. The van der Waals surface area contributed by atoms with Gasteiger partial charge in [-0.1, -0.05) is 71.3 Å². The molecule has 0 aliphatic rings. The molecule has 1 unspecified atom stereocenters. The fraction of sp³-hybridized carbons (Fsp3) is 0.667. The summed E-state index contributed by atoms with van der Waals surface area (Å²) in [7, 11) is 0. The highest BCUT2D eigenvalue weighted by molar-refractivity contribution is 5.95. The molecule has 4 heteroatoms. The van der Waals surface area contributed by atoms with Gasteiger partial charge in [0.05, 0.1) is 23.8 Å². The van der Waals surface area contributed by atoms with Crippen molar-refractivity contribution in [2.45, 2.75) is 97.5 Å². The Labute approximate surface area is 171 Å². The molecule has 0 saturated carbocycles. The minimum absolute atomic E-state index is 0.118. The SMILES string of the molecule is CCCCCCCCC(C)OC(=O)c1cccc(C(=O)OCCCCCC)c1. The predicted molar refractivity (Wildman–Crippen MR) is 114 cm³/mol. The van der Waals surface area contributed by atoms with E-state index in [-0.39, 0.29) is 18.0 Å². The molecule has 4 nitrogen and oxygen atoms in total. The number of carbonyl (C=O) groups is 2. The van der Waals surface area contributed by atoms with Crippen LogP contribution in [0, 0.1) is 0 Å². The monoisotopic (exact) mass is 390 g/mol. The van der Waals surface area contributed by atoms with Gasteiger partial charge in [-0.2, -0.15) is 0 Å². The maximum absolute atomic E-state index is 12.4. The normalized spacial score (nSPS) is 11.8. The lowest BCUT2D eigenvalue weighted by atomic mass is 10.1. The minimum Gasteiger partial charge on any atom is -0.462 e. The lowest BCUT2D eigenvalue weighted by molar-refractivity contribution is 0.0319. The molecule has 0 aliphatic heterocycles. The molecule has 0 N–H and O–H groups in total. The lowest BCUT2D eigenvalue weighted by Gasteiger charge is -2.13. The minimum atomic E-state index is -0.383. The molecular formula is C24H38O4. The summed E-state index contributed by atoms with van der Waals surface area (Å²) in [5.41, 5.74) is 0.795. The number of benzene rings is 1. The zero-order chi connectivity index (χ0) is 20.6. The Hall–Kier alpha value is -1.84. The van der Waals surface area contributed by atoms with Gasteiger partial charge < -0.3 is 9.47 Å². The van der Waals surface area contributed by atoms with Crippen molar-refractivity contribution in [3.8, 4) is 0 Å². The van der Waals surface area contributed by atoms with Gasteiger partial charge in [0.15, 0.2) is 0 Å². The van der Waals surface area contributed by atoms with Gasteiger partial charge in [0.2, 0.25) is 0 Å². The lowest BCUT2D eigenvalue weighted by Crippen LogP contribution is -2.16. The van der Waals surface area contributed by atoms with E-state index in [9.17, 15) is 9.59 Å². The van der Waals surface area contributed by atoms with Crippen LogP contribution in [0.3, 0.4) is 0 Å². The number of esters is 2.